The van der Waals surface area contributed by atoms with Crippen molar-refractivity contribution in [2.45, 2.75) is 6.54 Å². The molecule has 0 bridgehead atoms. The van der Waals surface area contributed by atoms with E-state index in [2.05, 4.69) is 15.3 Å². The molecule has 4 aromatic rings. The van der Waals surface area contributed by atoms with Gasteiger partial charge in [-0.2, -0.15) is 0 Å². The van der Waals surface area contributed by atoms with E-state index in [1.807, 2.05) is 0 Å². The lowest BCUT2D eigenvalue weighted by molar-refractivity contribution is -0.137. The second-order valence-electron chi connectivity index (χ2n) is 6.01. The molecular formula is C19H12Cl2N4O3. The van der Waals surface area contributed by atoms with Crippen molar-refractivity contribution in [1.82, 2.24) is 14.5 Å². The lowest BCUT2D eigenvalue weighted by atomic mass is 10.1. The van der Waals surface area contributed by atoms with Gasteiger partial charge < -0.3 is 15.0 Å². The van der Waals surface area contributed by atoms with E-state index in [1.54, 1.807) is 42.9 Å². The molecule has 2 heterocycles. The highest BCUT2D eigenvalue weighted by molar-refractivity contribution is 6.45. The first-order valence-corrected chi connectivity index (χ1v) is 8.90. The predicted molar refractivity (Wildman–Crippen MR) is 109 cm³/mol. The van der Waals surface area contributed by atoms with Crippen LogP contribution in [0.15, 0.2) is 53.7 Å². The molecule has 0 aliphatic heterocycles. The van der Waals surface area contributed by atoms with E-state index in [0.717, 1.165) is 0 Å². The van der Waals surface area contributed by atoms with Gasteiger partial charge in [0.2, 0.25) is 0 Å². The fraction of sp³-hybridized carbons (Fsp3) is 0.0526. The second-order valence-corrected chi connectivity index (χ2v) is 6.80. The molecule has 140 valence electrons. The summed E-state index contributed by atoms with van der Waals surface area (Å²) in [4.78, 5) is 32.6. The number of carbonyl (C=O) groups is 1. The van der Waals surface area contributed by atoms with Crippen molar-refractivity contribution >= 4 is 62.5 Å². The van der Waals surface area contributed by atoms with Gasteiger partial charge in [-0.1, -0.05) is 23.2 Å². The molecule has 4 rings (SSSR count). The van der Waals surface area contributed by atoms with Gasteiger partial charge >= 0.3 is 5.97 Å². The largest absolute Gasteiger partial charge is 0.480 e. The number of halogens is 2. The molecule has 0 fully saturated rings. The van der Waals surface area contributed by atoms with Gasteiger partial charge in [-0.25, -0.2) is 4.98 Å². The number of aromatic nitrogens is 3. The van der Waals surface area contributed by atoms with E-state index < -0.39 is 5.97 Å². The number of carboxylic acids is 1. The van der Waals surface area contributed by atoms with Gasteiger partial charge in [-0.05, 0) is 30.3 Å². The maximum atomic E-state index is 13.0. The Hall–Kier alpha value is -3.16. The monoisotopic (exact) mass is 414 g/mol. The Morgan fingerprint density at radius 2 is 1.93 bits per heavy atom. The molecule has 0 aliphatic carbocycles. The third-order valence-corrected chi connectivity index (χ3v) is 5.04. The van der Waals surface area contributed by atoms with Crippen LogP contribution < -0.4 is 10.7 Å². The Kier molecular flexibility index (Phi) is 4.62. The van der Waals surface area contributed by atoms with E-state index in [1.165, 1.54) is 10.6 Å². The third kappa shape index (κ3) is 3.15. The standard InChI is InChI=1S/C19H12Cl2N4O3/c20-13-4-3-12-18(17(13)21)25(9-16(26)27)14-7-10(1-2-11(14)19(12)28)24-15-8-22-5-6-23-15/h1-8H,9H2,(H,23,24)(H,26,27). The van der Waals surface area contributed by atoms with Gasteiger partial charge in [-0.3, -0.25) is 14.6 Å². The molecule has 0 radical (unpaired) electrons. The molecular weight excluding hydrogens is 403 g/mol. The maximum absolute atomic E-state index is 13.0. The molecule has 2 N–H and O–H groups in total. The van der Waals surface area contributed by atoms with Gasteiger partial charge in [0.25, 0.3) is 0 Å². The predicted octanol–water partition coefficient (Wildman–Crippen LogP) is 4.08. The highest BCUT2D eigenvalue weighted by Crippen LogP contribution is 2.32. The zero-order valence-electron chi connectivity index (χ0n) is 14.2. The minimum Gasteiger partial charge on any atom is -0.480 e. The summed E-state index contributed by atoms with van der Waals surface area (Å²) in [5, 5.41) is 13.5. The van der Waals surface area contributed by atoms with Crippen LogP contribution in [0.2, 0.25) is 10.0 Å². The average Bonchev–Trinajstić information content (AvgIpc) is 2.68. The highest BCUT2D eigenvalue weighted by Gasteiger charge is 2.17. The van der Waals surface area contributed by atoms with Crippen molar-refractivity contribution in [2.24, 2.45) is 0 Å². The average molecular weight is 415 g/mol. The van der Waals surface area contributed by atoms with Crippen LogP contribution in [0.25, 0.3) is 21.8 Å². The number of benzene rings is 2. The van der Waals surface area contributed by atoms with Crippen LogP contribution in [0, 0.1) is 0 Å². The summed E-state index contributed by atoms with van der Waals surface area (Å²) >= 11 is 12.5. The van der Waals surface area contributed by atoms with Crippen LogP contribution in [0.5, 0.6) is 0 Å². The maximum Gasteiger partial charge on any atom is 0.323 e. The van der Waals surface area contributed by atoms with Crippen molar-refractivity contribution in [3.05, 3.63) is 69.2 Å². The number of pyridine rings is 1. The molecule has 0 unspecified atom stereocenters. The van der Waals surface area contributed by atoms with Crippen LogP contribution in [-0.4, -0.2) is 25.6 Å². The molecule has 0 atom stereocenters. The van der Waals surface area contributed by atoms with Crippen molar-refractivity contribution in [3.63, 3.8) is 0 Å². The molecule has 0 saturated heterocycles. The van der Waals surface area contributed by atoms with Crippen LogP contribution in [0.3, 0.4) is 0 Å². The number of rotatable bonds is 4. The van der Waals surface area contributed by atoms with Gasteiger partial charge in [-0.15, -0.1) is 0 Å². The SMILES string of the molecule is O=C(O)Cn1c2cc(Nc3cnccn3)ccc2c(=O)c2ccc(Cl)c(Cl)c21. The Bertz CT molecular complexity index is 1290. The summed E-state index contributed by atoms with van der Waals surface area (Å²) in [6, 6.07) is 8.10. The molecule has 28 heavy (non-hydrogen) atoms. The topological polar surface area (TPSA) is 97.1 Å². The zero-order chi connectivity index (χ0) is 19.8. The molecule has 0 spiro atoms. The quantitative estimate of drug-likeness (QED) is 0.488. The van der Waals surface area contributed by atoms with E-state index in [4.69, 9.17) is 23.2 Å². The number of fused-ring (bicyclic) bond motifs is 2. The van der Waals surface area contributed by atoms with E-state index in [9.17, 15) is 14.7 Å². The third-order valence-electron chi connectivity index (χ3n) is 4.25. The smallest absolute Gasteiger partial charge is 0.323 e. The lowest BCUT2D eigenvalue weighted by Gasteiger charge is -2.16. The summed E-state index contributed by atoms with van der Waals surface area (Å²) < 4.78 is 1.48. The lowest BCUT2D eigenvalue weighted by Crippen LogP contribution is -2.16. The number of anilines is 2. The first-order chi connectivity index (χ1) is 13.5. The number of aliphatic carboxylic acids is 1. The molecule has 2 aromatic carbocycles. The second kappa shape index (κ2) is 7.10. The molecule has 0 amide bonds. The number of nitrogens with zero attached hydrogens (tertiary/aromatic N) is 3. The van der Waals surface area contributed by atoms with E-state index in [-0.39, 0.29) is 27.5 Å². The number of carboxylic acid groups (broad SMARTS) is 1. The Morgan fingerprint density at radius 1 is 1.14 bits per heavy atom. The molecule has 9 heteroatoms. The summed E-state index contributed by atoms with van der Waals surface area (Å²) in [6.07, 6.45) is 4.64. The van der Waals surface area contributed by atoms with Crippen LogP contribution in [-0.2, 0) is 11.3 Å². The van der Waals surface area contributed by atoms with Crippen molar-refractivity contribution in [2.75, 3.05) is 5.32 Å². The molecule has 2 aromatic heterocycles. The van der Waals surface area contributed by atoms with Crippen LogP contribution in [0.1, 0.15) is 0 Å². The van der Waals surface area contributed by atoms with Gasteiger partial charge in [0.15, 0.2) is 5.43 Å². The van der Waals surface area contributed by atoms with E-state index in [0.29, 0.717) is 27.8 Å². The Morgan fingerprint density at radius 3 is 2.64 bits per heavy atom. The minimum absolute atomic E-state index is 0.131. The van der Waals surface area contributed by atoms with Crippen molar-refractivity contribution in [1.29, 1.82) is 0 Å². The van der Waals surface area contributed by atoms with Crippen LogP contribution >= 0.6 is 23.2 Å². The first kappa shape index (κ1) is 18.2. The minimum atomic E-state index is -1.07. The summed E-state index contributed by atoms with van der Waals surface area (Å²) in [5.74, 6) is -0.564. The van der Waals surface area contributed by atoms with Gasteiger partial charge in [0.05, 0.1) is 27.3 Å². The van der Waals surface area contributed by atoms with Gasteiger partial charge in [0, 0.05) is 28.9 Å². The van der Waals surface area contributed by atoms with E-state index >= 15 is 0 Å². The Labute approximate surface area is 168 Å². The van der Waals surface area contributed by atoms with Gasteiger partial charge in [0.1, 0.15) is 12.4 Å². The summed E-state index contributed by atoms with van der Waals surface area (Å²) in [6.45, 7) is -0.387. The normalized spacial score (nSPS) is 11.1. The fourth-order valence-electron chi connectivity index (χ4n) is 3.09. The number of nitrogens with one attached hydrogen (secondary N) is 1. The fourth-order valence-corrected chi connectivity index (χ4v) is 3.51. The first-order valence-electron chi connectivity index (χ1n) is 8.15. The molecule has 0 aliphatic rings. The highest BCUT2D eigenvalue weighted by atomic mass is 35.5. The number of hydrogen-bond donors (Lipinski definition) is 2. The summed E-state index contributed by atoms with van der Waals surface area (Å²) in [5.41, 5.74) is 1.06. The van der Waals surface area contributed by atoms with Crippen LogP contribution in [0.4, 0.5) is 11.5 Å². The molecule has 0 saturated carbocycles. The molecule has 7 nitrogen and oxygen atoms in total. The number of hydrogen-bond acceptors (Lipinski definition) is 5. The Balaban J connectivity index is 2.04. The zero-order valence-corrected chi connectivity index (χ0v) is 15.7. The van der Waals surface area contributed by atoms with Crippen molar-refractivity contribution < 1.29 is 9.90 Å². The van der Waals surface area contributed by atoms with Crippen molar-refractivity contribution in [3.8, 4) is 0 Å². The summed E-state index contributed by atoms with van der Waals surface area (Å²) in [7, 11) is 0.